The van der Waals surface area contributed by atoms with Crippen LogP contribution in [0.1, 0.15) is 44.1 Å². The zero-order chi connectivity index (χ0) is 11.7. The summed E-state index contributed by atoms with van der Waals surface area (Å²) < 4.78 is 7.43. The summed E-state index contributed by atoms with van der Waals surface area (Å²) in [5.41, 5.74) is 3.26. The fourth-order valence-electron chi connectivity index (χ4n) is 1.78. The van der Waals surface area contributed by atoms with E-state index in [1.807, 2.05) is 19.2 Å². The first-order valence-electron chi connectivity index (χ1n) is 5.63. The first-order valence-corrected chi connectivity index (χ1v) is 5.63. The molecular weight excluding hydrogens is 200 g/mol. The van der Waals surface area contributed by atoms with Gasteiger partial charge < -0.3 is 9.14 Å². The van der Waals surface area contributed by atoms with Crippen molar-refractivity contribution in [1.82, 2.24) is 9.38 Å². The highest BCUT2D eigenvalue weighted by Gasteiger charge is 2.12. The van der Waals surface area contributed by atoms with Gasteiger partial charge in [0.2, 0.25) is 0 Å². The molecular formula is C13H18N2O. The van der Waals surface area contributed by atoms with E-state index >= 15 is 0 Å². The van der Waals surface area contributed by atoms with Gasteiger partial charge in [0.15, 0.2) is 0 Å². The molecule has 3 nitrogen and oxygen atoms in total. The molecule has 1 atom stereocenters. The number of hydrogen-bond donors (Lipinski definition) is 0. The molecule has 0 spiro atoms. The molecule has 2 rings (SSSR count). The van der Waals surface area contributed by atoms with Gasteiger partial charge in [0.1, 0.15) is 5.65 Å². The monoisotopic (exact) mass is 218 g/mol. The predicted octanol–water partition coefficient (Wildman–Crippen LogP) is 3.17. The van der Waals surface area contributed by atoms with Crippen LogP contribution in [-0.2, 0) is 4.74 Å². The molecule has 0 saturated heterocycles. The van der Waals surface area contributed by atoms with Gasteiger partial charge in [-0.25, -0.2) is 4.98 Å². The van der Waals surface area contributed by atoms with Gasteiger partial charge in [-0.15, -0.1) is 0 Å². The van der Waals surface area contributed by atoms with E-state index < -0.39 is 0 Å². The zero-order valence-corrected chi connectivity index (χ0v) is 10.3. The quantitative estimate of drug-likeness (QED) is 0.791. The van der Waals surface area contributed by atoms with Gasteiger partial charge in [-0.1, -0.05) is 19.9 Å². The van der Waals surface area contributed by atoms with Crippen LogP contribution in [0.25, 0.3) is 5.65 Å². The van der Waals surface area contributed by atoms with Crippen LogP contribution in [0.15, 0.2) is 24.5 Å². The molecule has 0 N–H and O–H groups in total. The Labute approximate surface area is 96.1 Å². The Hall–Kier alpha value is -1.35. The number of hydrogen-bond acceptors (Lipinski definition) is 2. The molecule has 0 saturated carbocycles. The molecule has 0 aliphatic rings. The van der Waals surface area contributed by atoms with E-state index in [-0.39, 0.29) is 6.10 Å². The minimum absolute atomic E-state index is 0.0751. The van der Waals surface area contributed by atoms with Crippen LogP contribution >= 0.6 is 0 Å². The van der Waals surface area contributed by atoms with Gasteiger partial charge in [0.05, 0.1) is 11.8 Å². The Morgan fingerprint density at radius 2 is 2.06 bits per heavy atom. The highest BCUT2D eigenvalue weighted by Crippen LogP contribution is 2.23. The fourth-order valence-corrected chi connectivity index (χ4v) is 1.78. The lowest BCUT2D eigenvalue weighted by Crippen LogP contribution is -1.99. The lowest BCUT2D eigenvalue weighted by atomic mass is 10.1. The van der Waals surface area contributed by atoms with Crippen molar-refractivity contribution < 1.29 is 4.74 Å². The third-order valence-corrected chi connectivity index (χ3v) is 2.91. The highest BCUT2D eigenvalue weighted by molar-refractivity contribution is 5.50. The molecule has 0 unspecified atom stereocenters. The van der Waals surface area contributed by atoms with Gasteiger partial charge in [0.25, 0.3) is 0 Å². The van der Waals surface area contributed by atoms with E-state index in [1.54, 1.807) is 7.11 Å². The van der Waals surface area contributed by atoms with Crippen molar-refractivity contribution in [3.63, 3.8) is 0 Å². The van der Waals surface area contributed by atoms with Crippen molar-refractivity contribution in [1.29, 1.82) is 0 Å². The van der Waals surface area contributed by atoms with Gasteiger partial charge in [0, 0.05) is 25.1 Å². The molecule has 2 aromatic heterocycles. The third kappa shape index (κ3) is 1.83. The first-order chi connectivity index (χ1) is 7.63. The number of aromatic nitrogens is 2. The van der Waals surface area contributed by atoms with Crippen LogP contribution < -0.4 is 0 Å². The SMILES string of the molecule is CO[C@H](C)c1cccn2cc(C(C)C)nc12. The maximum Gasteiger partial charge on any atom is 0.142 e. The molecule has 2 aromatic rings. The lowest BCUT2D eigenvalue weighted by Gasteiger charge is -2.10. The summed E-state index contributed by atoms with van der Waals surface area (Å²) in [6.45, 7) is 6.35. The summed E-state index contributed by atoms with van der Waals surface area (Å²) in [5, 5.41) is 0. The minimum atomic E-state index is 0.0751. The van der Waals surface area contributed by atoms with E-state index in [0.717, 1.165) is 16.9 Å². The molecule has 0 aliphatic heterocycles. The maximum absolute atomic E-state index is 5.36. The Kier molecular flexibility index (Phi) is 2.97. The van der Waals surface area contributed by atoms with Gasteiger partial charge in [-0.05, 0) is 18.9 Å². The third-order valence-electron chi connectivity index (χ3n) is 2.91. The minimum Gasteiger partial charge on any atom is -0.377 e. The second kappa shape index (κ2) is 4.26. The van der Waals surface area contributed by atoms with Crippen molar-refractivity contribution in [3.05, 3.63) is 35.8 Å². The van der Waals surface area contributed by atoms with E-state index in [2.05, 4.69) is 35.5 Å². The summed E-state index contributed by atoms with van der Waals surface area (Å²) >= 11 is 0. The Morgan fingerprint density at radius 3 is 2.69 bits per heavy atom. The smallest absolute Gasteiger partial charge is 0.142 e. The lowest BCUT2D eigenvalue weighted by molar-refractivity contribution is 0.120. The fraction of sp³-hybridized carbons (Fsp3) is 0.462. The Balaban J connectivity index is 2.58. The normalized spacial score (nSPS) is 13.6. The van der Waals surface area contributed by atoms with Gasteiger partial charge >= 0.3 is 0 Å². The van der Waals surface area contributed by atoms with E-state index in [4.69, 9.17) is 4.74 Å². The summed E-state index contributed by atoms with van der Waals surface area (Å²) in [6.07, 6.45) is 4.19. The van der Waals surface area contributed by atoms with Crippen molar-refractivity contribution in [2.75, 3.05) is 7.11 Å². The number of methoxy groups -OCH3 is 1. The van der Waals surface area contributed by atoms with Crippen molar-refractivity contribution in [2.45, 2.75) is 32.8 Å². The zero-order valence-electron chi connectivity index (χ0n) is 10.3. The number of nitrogens with zero attached hydrogens (tertiary/aromatic N) is 2. The van der Waals surface area contributed by atoms with E-state index in [9.17, 15) is 0 Å². The van der Waals surface area contributed by atoms with Crippen LogP contribution in [0, 0.1) is 0 Å². The Bertz CT molecular complexity index is 488. The molecule has 0 fully saturated rings. The van der Waals surface area contributed by atoms with Crippen molar-refractivity contribution in [3.8, 4) is 0 Å². The molecule has 86 valence electrons. The van der Waals surface area contributed by atoms with E-state index in [0.29, 0.717) is 5.92 Å². The van der Waals surface area contributed by atoms with Crippen LogP contribution in [0.3, 0.4) is 0 Å². The Morgan fingerprint density at radius 1 is 1.31 bits per heavy atom. The molecule has 0 radical (unpaired) electrons. The number of fused-ring (bicyclic) bond motifs is 1. The molecule has 2 heterocycles. The second-order valence-corrected chi connectivity index (χ2v) is 4.39. The molecule has 16 heavy (non-hydrogen) atoms. The van der Waals surface area contributed by atoms with Gasteiger partial charge in [-0.2, -0.15) is 0 Å². The molecule has 0 aromatic carbocycles. The molecule has 3 heteroatoms. The van der Waals surface area contributed by atoms with Crippen LogP contribution in [-0.4, -0.2) is 16.5 Å². The number of ether oxygens (including phenoxy) is 1. The predicted molar refractivity (Wildman–Crippen MR) is 64.7 cm³/mol. The largest absolute Gasteiger partial charge is 0.377 e. The standard InChI is InChI=1S/C13H18N2O/c1-9(2)12-8-15-7-5-6-11(10(3)16-4)13(15)14-12/h5-10H,1-4H3/t10-/m1/s1. The van der Waals surface area contributed by atoms with E-state index in [1.165, 1.54) is 0 Å². The summed E-state index contributed by atoms with van der Waals surface area (Å²) in [6, 6.07) is 4.10. The molecule has 0 aliphatic carbocycles. The molecule has 0 bridgehead atoms. The van der Waals surface area contributed by atoms with Crippen LogP contribution in [0.5, 0.6) is 0 Å². The van der Waals surface area contributed by atoms with Crippen LogP contribution in [0.4, 0.5) is 0 Å². The van der Waals surface area contributed by atoms with Crippen molar-refractivity contribution >= 4 is 5.65 Å². The first kappa shape index (κ1) is 11.1. The van der Waals surface area contributed by atoms with Gasteiger partial charge in [-0.3, -0.25) is 0 Å². The topological polar surface area (TPSA) is 26.5 Å². The van der Waals surface area contributed by atoms with Crippen molar-refractivity contribution in [2.24, 2.45) is 0 Å². The van der Waals surface area contributed by atoms with Crippen LogP contribution in [0.2, 0.25) is 0 Å². The highest BCUT2D eigenvalue weighted by atomic mass is 16.5. The second-order valence-electron chi connectivity index (χ2n) is 4.39. The number of rotatable bonds is 3. The molecule has 0 amide bonds. The summed E-state index contributed by atoms with van der Waals surface area (Å²) in [5.74, 6) is 0.450. The summed E-state index contributed by atoms with van der Waals surface area (Å²) in [7, 11) is 1.72. The number of pyridine rings is 1. The average Bonchev–Trinajstić information content (AvgIpc) is 2.71. The average molecular weight is 218 g/mol. The number of imidazole rings is 1. The summed E-state index contributed by atoms with van der Waals surface area (Å²) in [4.78, 5) is 4.66. The maximum atomic E-state index is 5.36.